The number of nitrogens with zero attached hydrogens (tertiary/aromatic N) is 3. The molecule has 0 amide bonds. The number of rotatable bonds is 4. The van der Waals surface area contributed by atoms with Crippen molar-refractivity contribution in [2.45, 2.75) is 23.8 Å². The molecule has 3 aromatic rings. The molecule has 5 nitrogen and oxygen atoms in total. The van der Waals surface area contributed by atoms with Gasteiger partial charge >= 0.3 is 0 Å². The summed E-state index contributed by atoms with van der Waals surface area (Å²) in [6.07, 6.45) is 1.57. The van der Waals surface area contributed by atoms with Crippen molar-refractivity contribution in [2.75, 3.05) is 4.31 Å². The van der Waals surface area contributed by atoms with Gasteiger partial charge in [-0.1, -0.05) is 72.3 Å². The van der Waals surface area contributed by atoms with Crippen molar-refractivity contribution in [3.63, 3.8) is 0 Å². The average Bonchev–Trinajstić information content (AvgIpc) is 2.83. The van der Waals surface area contributed by atoms with Crippen molar-refractivity contribution in [1.82, 2.24) is 0 Å². The molecular weight excluding hydrogens is 418 g/mol. The Hall–Kier alpha value is -3.87. The summed E-state index contributed by atoms with van der Waals surface area (Å²) < 4.78 is 29.3. The summed E-state index contributed by atoms with van der Waals surface area (Å²) in [5, 5.41) is 20.7. The summed E-state index contributed by atoms with van der Waals surface area (Å²) in [5.74, 6) is -0.677. The van der Waals surface area contributed by atoms with E-state index in [-0.39, 0.29) is 4.90 Å². The fraction of sp³-hybridized carbons (Fsp3) is 0.154. The number of nitriles is 2. The van der Waals surface area contributed by atoms with E-state index in [0.717, 1.165) is 5.56 Å². The predicted octanol–water partition coefficient (Wildman–Crippen LogP) is 5.25. The zero-order chi connectivity index (χ0) is 22.9. The van der Waals surface area contributed by atoms with Gasteiger partial charge in [-0.2, -0.15) is 10.5 Å². The van der Waals surface area contributed by atoms with Crippen LogP contribution in [0.15, 0.2) is 96.4 Å². The molecule has 0 saturated carbocycles. The SMILES string of the molecule is C=C[C@@H]1c2ccccc2N(S(=O)(=O)c2ccc(C)cc2)[C@H](c2ccccc2)C1(C#N)C#N. The lowest BCUT2D eigenvalue weighted by molar-refractivity contribution is 0.361. The van der Waals surface area contributed by atoms with E-state index in [1.54, 1.807) is 78.9 Å². The van der Waals surface area contributed by atoms with E-state index in [4.69, 9.17) is 0 Å². The highest BCUT2D eigenvalue weighted by Gasteiger charge is 2.57. The average molecular weight is 440 g/mol. The van der Waals surface area contributed by atoms with E-state index in [0.29, 0.717) is 16.8 Å². The van der Waals surface area contributed by atoms with Crippen LogP contribution in [0.4, 0.5) is 5.69 Å². The summed E-state index contributed by atoms with van der Waals surface area (Å²) in [5.41, 5.74) is 0.793. The van der Waals surface area contributed by atoms with Crippen molar-refractivity contribution in [3.05, 3.63) is 108 Å². The lowest BCUT2D eigenvalue weighted by Crippen LogP contribution is -2.49. The monoisotopic (exact) mass is 439 g/mol. The van der Waals surface area contributed by atoms with Crippen LogP contribution in [0.3, 0.4) is 0 Å². The van der Waals surface area contributed by atoms with Crippen LogP contribution in [0.5, 0.6) is 0 Å². The Morgan fingerprint density at radius 2 is 1.53 bits per heavy atom. The molecular formula is C26H21N3O2S. The lowest BCUT2D eigenvalue weighted by atomic mass is 9.64. The van der Waals surface area contributed by atoms with Gasteiger partial charge in [0.25, 0.3) is 10.0 Å². The molecule has 0 unspecified atom stereocenters. The molecule has 3 aromatic carbocycles. The van der Waals surface area contributed by atoms with E-state index in [2.05, 4.69) is 18.7 Å². The molecule has 32 heavy (non-hydrogen) atoms. The zero-order valence-electron chi connectivity index (χ0n) is 17.5. The number of allylic oxidation sites excluding steroid dienone is 1. The Balaban J connectivity index is 2.11. The lowest BCUT2D eigenvalue weighted by Gasteiger charge is -2.47. The highest BCUT2D eigenvalue weighted by atomic mass is 32.2. The Kier molecular flexibility index (Phi) is 5.34. The van der Waals surface area contributed by atoms with Crippen LogP contribution in [0.1, 0.15) is 28.7 Å². The van der Waals surface area contributed by atoms with Crippen molar-refractivity contribution in [2.24, 2.45) is 5.41 Å². The first-order chi connectivity index (χ1) is 15.4. The quantitative estimate of drug-likeness (QED) is 0.520. The van der Waals surface area contributed by atoms with Crippen LogP contribution in [0.25, 0.3) is 0 Å². The molecule has 0 saturated heterocycles. The maximum atomic E-state index is 14.0. The van der Waals surface area contributed by atoms with Gasteiger partial charge in [0, 0.05) is 5.92 Å². The zero-order valence-corrected chi connectivity index (χ0v) is 18.3. The van der Waals surface area contributed by atoms with Crippen LogP contribution in [-0.2, 0) is 10.0 Å². The number of benzene rings is 3. The minimum absolute atomic E-state index is 0.0978. The molecule has 158 valence electrons. The Labute approximate surface area is 188 Å². The molecule has 6 heteroatoms. The molecule has 2 atom stereocenters. The first-order valence-electron chi connectivity index (χ1n) is 10.1. The highest BCUT2D eigenvalue weighted by Crippen LogP contribution is 2.57. The van der Waals surface area contributed by atoms with Gasteiger partial charge in [-0.15, -0.1) is 6.58 Å². The Morgan fingerprint density at radius 1 is 0.938 bits per heavy atom. The van der Waals surface area contributed by atoms with Crippen LogP contribution < -0.4 is 4.31 Å². The van der Waals surface area contributed by atoms with E-state index >= 15 is 0 Å². The summed E-state index contributed by atoms with van der Waals surface area (Å²) in [6.45, 7) is 5.77. The molecule has 0 spiro atoms. The first-order valence-corrected chi connectivity index (χ1v) is 11.5. The smallest absolute Gasteiger partial charge is 0.256 e. The minimum atomic E-state index is -4.12. The van der Waals surface area contributed by atoms with Crippen LogP contribution >= 0.6 is 0 Å². The highest BCUT2D eigenvalue weighted by molar-refractivity contribution is 7.92. The van der Waals surface area contributed by atoms with E-state index in [1.165, 1.54) is 4.31 Å². The number of para-hydroxylation sites is 1. The van der Waals surface area contributed by atoms with Crippen molar-refractivity contribution in [3.8, 4) is 12.1 Å². The number of aryl methyl sites for hydroxylation is 1. The summed E-state index contributed by atoms with van der Waals surface area (Å²) in [6, 6.07) is 25.7. The van der Waals surface area contributed by atoms with E-state index in [9.17, 15) is 18.9 Å². The number of fused-ring (bicyclic) bond motifs is 1. The van der Waals surface area contributed by atoms with Crippen LogP contribution in [0, 0.1) is 35.0 Å². The predicted molar refractivity (Wildman–Crippen MR) is 123 cm³/mol. The van der Waals surface area contributed by atoms with Gasteiger partial charge < -0.3 is 0 Å². The molecule has 0 aromatic heterocycles. The molecule has 1 aliphatic heterocycles. The second-order valence-electron chi connectivity index (χ2n) is 7.79. The largest absolute Gasteiger partial charge is 0.264 e. The number of anilines is 1. The third-order valence-corrected chi connectivity index (χ3v) is 7.76. The fourth-order valence-electron chi connectivity index (χ4n) is 4.42. The summed E-state index contributed by atoms with van der Waals surface area (Å²) >= 11 is 0. The van der Waals surface area contributed by atoms with Gasteiger partial charge in [-0.3, -0.25) is 4.31 Å². The van der Waals surface area contributed by atoms with Gasteiger partial charge in [0.1, 0.15) is 6.04 Å². The van der Waals surface area contributed by atoms with Crippen molar-refractivity contribution < 1.29 is 8.42 Å². The molecule has 1 heterocycles. The Morgan fingerprint density at radius 3 is 2.12 bits per heavy atom. The first kappa shape index (κ1) is 21.4. The fourth-order valence-corrected chi connectivity index (χ4v) is 6.11. The van der Waals surface area contributed by atoms with Crippen LogP contribution in [-0.4, -0.2) is 8.42 Å². The molecule has 1 aliphatic rings. The van der Waals surface area contributed by atoms with E-state index in [1.807, 2.05) is 13.0 Å². The topological polar surface area (TPSA) is 85.0 Å². The number of sulfonamides is 1. The maximum Gasteiger partial charge on any atom is 0.264 e. The second-order valence-corrected chi connectivity index (χ2v) is 9.61. The van der Waals surface area contributed by atoms with Gasteiger partial charge in [0.05, 0.1) is 22.7 Å². The van der Waals surface area contributed by atoms with Gasteiger partial charge in [0.15, 0.2) is 5.41 Å². The third kappa shape index (κ3) is 3.09. The van der Waals surface area contributed by atoms with Crippen molar-refractivity contribution in [1.29, 1.82) is 10.5 Å². The molecule has 0 aliphatic carbocycles. The molecule has 0 fully saturated rings. The standard InChI is InChI=1S/C26H21N3O2S/c1-3-23-22-11-7-8-12-24(22)29(32(30,31)21-15-13-19(2)14-16-21)25(26(23,17-27)18-28)20-9-5-4-6-10-20/h3-16,23,25H,1H2,2H3/t23-,25-/m1/s1. The van der Waals surface area contributed by atoms with Crippen molar-refractivity contribution >= 4 is 15.7 Å². The molecule has 0 N–H and O–H groups in total. The number of hydrogen-bond acceptors (Lipinski definition) is 4. The minimum Gasteiger partial charge on any atom is -0.256 e. The third-order valence-electron chi connectivity index (χ3n) is 5.96. The second kappa shape index (κ2) is 8.00. The summed E-state index contributed by atoms with van der Waals surface area (Å²) in [7, 11) is -4.12. The van der Waals surface area contributed by atoms with Gasteiger partial charge in [-0.05, 0) is 36.2 Å². The molecule has 0 radical (unpaired) electrons. The molecule has 0 bridgehead atoms. The normalized spacial score (nSPS) is 19.3. The van der Waals surface area contributed by atoms with Gasteiger partial charge in [0.2, 0.25) is 0 Å². The Bertz CT molecular complexity index is 1340. The van der Waals surface area contributed by atoms with Gasteiger partial charge in [-0.25, -0.2) is 8.42 Å². The maximum absolute atomic E-state index is 14.0. The summed E-state index contributed by atoms with van der Waals surface area (Å²) in [4.78, 5) is 0.0978. The van der Waals surface area contributed by atoms with Crippen LogP contribution in [0.2, 0.25) is 0 Å². The van der Waals surface area contributed by atoms with E-state index < -0.39 is 27.4 Å². The number of hydrogen-bond donors (Lipinski definition) is 0. The molecule has 4 rings (SSSR count).